The van der Waals surface area contributed by atoms with Crippen molar-refractivity contribution in [2.24, 2.45) is 17.6 Å². The van der Waals surface area contributed by atoms with Crippen LogP contribution >= 0.6 is 0 Å². The van der Waals surface area contributed by atoms with Crippen LogP contribution in [-0.2, 0) is 0 Å². The smallest absolute Gasteiger partial charge is 0.00947 e. The minimum Gasteiger partial charge on any atom is -0.330 e. The fraction of sp³-hybridized carbons (Fsp3) is 1.00. The molecule has 0 aromatic heterocycles. The molecule has 0 radical (unpaired) electrons. The fourth-order valence-corrected chi connectivity index (χ4v) is 3.10. The Morgan fingerprint density at radius 2 is 2.06 bits per heavy atom. The third kappa shape index (κ3) is 5.87. The van der Waals surface area contributed by atoms with E-state index in [1.54, 1.807) is 0 Å². The molecule has 2 heteroatoms. The molecule has 0 amide bonds. The molecule has 1 aliphatic rings. The van der Waals surface area contributed by atoms with E-state index in [0.717, 1.165) is 24.4 Å². The minimum atomic E-state index is 0.804. The first kappa shape index (κ1) is 15.0. The number of rotatable bonds is 7. The molecule has 0 heterocycles. The highest BCUT2D eigenvalue weighted by molar-refractivity contribution is 4.77. The second-order valence-corrected chi connectivity index (χ2v) is 6.23. The maximum absolute atomic E-state index is 5.58. The Hall–Kier alpha value is -0.0800. The molecule has 0 aromatic carbocycles. The molecule has 102 valence electrons. The molecule has 1 fully saturated rings. The molecule has 2 nitrogen and oxygen atoms in total. The molecule has 1 saturated carbocycles. The number of hydrogen-bond donors (Lipinski definition) is 1. The molecule has 3 atom stereocenters. The van der Waals surface area contributed by atoms with Crippen molar-refractivity contribution in [1.29, 1.82) is 0 Å². The zero-order valence-corrected chi connectivity index (χ0v) is 12.1. The lowest BCUT2D eigenvalue weighted by Crippen LogP contribution is -2.36. The second-order valence-electron chi connectivity index (χ2n) is 6.23. The van der Waals surface area contributed by atoms with Gasteiger partial charge in [-0.25, -0.2) is 0 Å². The molecule has 17 heavy (non-hydrogen) atoms. The normalized spacial score (nSPS) is 27.4. The van der Waals surface area contributed by atoms with Crippen LogP contribution in [0.1, 0.15) is 58.8 Å². The zero-order valence-electron chi connectivity index (χ0n) is 12.1. The highest BCUT2D eigenvalue weighted by Crippen LogP contribution is 2.26. The average molecular weight is 240 g/mol. The van der Waals surface area contributed by atoms with E-state index in [4.69, 9.17) is 5.73 Å². The van der Waals surface area contributed by atoms with E-state index in [9.17, 15) is 0 Å². The molecule has 0 bridgehead atoms. The van der Waals surface area contributed by atoms with Crippen LogP contribution in [0.25, 0.3) is 0 Å². The number of nitrogens with zero attached hydrogens (tertiary/aromatic N) is 1. The third-order valence-electron chi connectivity index (χ3n) is 4.40. The summed E-state index contributed by atoms with van der Waals surface area (Å²) in [4.78, 5) is 2.60. The molecular formula is C15H32N2. The van der Waals surface area contributed by atoms with Gasteiger partial charge in [-0.3, -0.25) is 0 Å². The highest BCUT2D eigenvalue weighted by Gasteiger charge is 2.21. The maximum Gasteiger partial charge on any atom is 0.00947 e. The van der Waals surface area contributed by atoms with Crippen molar-refractivity contribution in [2.75, 3.05) is 20.1 Å². The molecule has 3 unspecified atom stereocenters. The summed E-state index contributed by atoms with van der Waals surface area (Å²) in [6.45, 7) is 6.85. The van der Waals surface area contributed by atoms with Gasteiger partial charge < -0.3 is 10.6 Å². The van der Waals surface area contributed by atoms with Gasteiger partial charge in [0.15, 0.2) is 0 Å². The lowest BCUT2D eigenvalue weighted by molar-refractivity contribution is 0.160. The van der Waals surface area contributed by atoms with E-state index in [1.807, 2.05) is 0 Å². The average Bonchev–Trinajstić information content (AvgIpc) is 2.29. The largest absolute Gasteiger partial charge is 0.330 e. The van der Waals surface area contributed by atoms with Gasteiger partial charge >= 0.3 is 0 Å². The summed E-state index contributed by atoms with van der Waals surface area (Å²) < 4.78 is 0. The molecule has 1 rings (SSSR count). The van der Waals surface area contributed by atoms with Crippen LogP contribution in [0.3, 0.4) is 0 Å². The van der Waals surface area contributed by atoms with Crippen molar-refractivity contribution in [3.63, 3.8) is 0 Å². The summed E-state index contributed by atoms with van der Waals surface area (Å²) >= 11 is 0. The van der Waals surface area contributed by atoms with E-state index in [0.29, 0.717) is 0 Å². The van der Waals surface area contributed by atoms with E-state index in [1.165, 1.54) is 51.5 Å². The van der Waals surface area contributed by atoms with Gasteiger partial charge in [-0.15, -0.1) is 0 Å². The lowest BCUT2D eigenvalue weighted by atomic mass is 9.86. The van der Waals surface area contributed by atoms with Gasteiger partial charge in [0.05, 0.1) is 0 Å². The Morgan fingerprint density at radius 1 is 1.29 bits per heavy atom. The maximum atomic E-state index is 5.58. The van der Waals surface area contributed by atoms with Crippen molar-refractivity contribution in [1.82, 2.24) is 4.90 Å². The van der Waals surface area contributed by atoms with Gasteiger partial charge in [0.1, 0.15) is 0 Å². The molecule has 0 aliphatic heterocycles. The Labute approximate surface area is 108 Å². The quantitative estimate of drug-likeness (QED) is 0.740. The van der Waals surface area contributed by atoms with Crippen LogP contribution in [0.5, 0.6) is 0 Å². The number of hydrogen-bond acceptors (Lipinski definition) is 2. The number of nitrogens with two attached hydrogens (primary N) is 1. The van der Waals surface area contributed by atoms with Crippen molar-refractivity contribution >= 4 is 0 Å². The first-order valence-corrected chi connectivity index (χ1v) is 7.53. The van der Waals surface area contributed by atoms with Crippen LogP contribution in [-0.4, -0.2) is 31.1 Å². The molecular weight excluding hydrogens is 208 g/mol. The van der Waals surface area contributed by atoms with Crippen LogP contribution in [0.15, 0.2) is 0 Å². The predicted octanol–water partition coefficient (Wildman–Crippen LogP) is 3.26. The monoisotopic (exact) mass is 240 g/mol. The summed E-state index contributed by atoms with van der Waals surface area (Å²) in [7, 11) is 2.32. The Bertz CT molecular complexity index is 193. The van der Waals surface area contributed by atoms with Crippen LogP contribution in [0.4, 0.5) is 0 Å². The predicted molar refractivity (Wildman–Crippen MR) is 76.1 cm³/mol. The molecule has 0 spiro atoms. The Balaban J connectivity index is 2.13. The SMILES string of the molecule is CC(CCN)CCCN(C)C1CCCC(C)C1. The molecule has 2 N–H and O–H groups in total. The lowest BCUT2D eigenvalue weighted by Gasteiger charge is -2.34. The van der Waals surface area contributed by atoms with Gasteiger partial charge in [0.25, 0.3) is 0 Å². The summed E-state index contributed by atoms with van der Waals surface area (Å²) in [5.74, 6) is 1.74. The van der Waals surface area contributed by atoms with Gasteiger partial charge in [-0.2, -0.15) is 0 Å². The van der Waals surface area contributed by atoms with Crippen molar-refractivity contribution in [3.05, 3.63) is 0 Å². The summed E-state index contributed by atoms with van der Waals surface area (Å²) in [5, 5.41) is 0. The Kier molecular flexibility index (Phi) is 7.14. The Morgan fingerprint density at radius 3 is 2.71 bits per heavy atom. The van der Waals surface area contributed by atoms with Gasteiger partial charge in [0.2, 0.25) is 0 Å². The van der Waals surface area contributed by atoms with Gasteiger partial charge in [-0.1, -0.05) is 26.7 Å². The van der Waals surface area contributed by atoms with E-state index in [-0.39, 0.29) is 0 Å². The highest BCUT2D eigenvalue weighted by atomic mass is 15.1. The first-order valence-electron chi connectivity index (χ1n) is 7.53. The second kappa shape index (κ2) is 8.10. The summed E-state index contributed by atoms with van der Waals surface area (Å²) in [6, 6.07) is 0.851. The van der Waals surface area contributed by atoms with Gasteiger partial charge in [0, 0.05) is 6.04 Å². The van der Waals surface area contributed by atoms with E-state index in [2.05, 4.69) is 25.8 Å². The summed E-state index contributed by atoms with van der Waals surface area (Å²) in [5.41, 5.74) is 5.58. The van der Waals surface area contributed by atoms with E-state index < -0.39 is 0 Å². The van der Waals surface area contributed by atoms with E-state index >= 15 is 0 Å². The van der Waals surface area contributed by atoms with Crippen molar-refractivity contribution in [2.45, 2.75) is 64.8 Å². The topological polar surface area (TPSA) is 29.3 Å². The first-order chi connectivity index (χ1) is 8.13. The molecule has 0 aromatic rings. The molecule has 0 saturated heterocycles. The third-order valence-corrected chi connectivity index (χ3v) is 4.40. The van der Waals surface area contributed by atoms with Crippen molar-refractivity contribution in [3.8, 4) is 0 Å². The zero-order chi connectivity index (χ0) is 12.7. The fourth-order valence-electron chi connectivity index (χ4n) is 3.10. The summed E-state index contributed by atoms with van der Waals surface area (Å²) in [6.07, 6.45) is 9.56. The van der Waals surface area contributed by atoms with Crippen LogP contribution in [0, 0.1) is 11.8 Å². The van der Waals surface area contributed by atoms with Crippen LogP contribution in [0.2, 0.25) is 0 Å². The van der Waals surface area contributed by atoms with Gasteiger partial charge in [-0.05, 0) is 64.1 Å². The minimum absolute atomic E-state index is 0.804. The van der Waals surface area contributed by atoms with Crippen molar-refractivity contribution < 1.29 is 0 Å². The molecule has 1 aliphatic carbocycles. The van der Waals surface area contributed by atoms with Crippen LogP contribution < -0.4 is 5.73 Å². The standard InChI is InChI=1S/C15H32N2/c1-13(9-10-16)7-5-11-17(3)15-8-4-6-14(2)12-15/h13-15H,4-12,16H2,1-3H3.